The van der Waals surface area contributed by atoms with Gasteiger partial charge >= 0.3 is 0 Å². The van der Waals surface area contributed by atoms with E-state index < -0.39 is 0 Å². The molecule has 0 bridgehead atoms. The summed E-state index contributed by atoms with van der Waals surface area (Å²) in [4.78, 5) is 14.3. The lowest BCUT2D eigenvalue weighted by Crippen LogP contribution is -2.44. The Morgan fingerprint density at radius 1 is 1.18 bits per heavy atom. The van der Waals surface area contributed by atoms with Gasteiger partial charge in [0.2, 0.25) is 5.91 Å². The fourth-order valence-electron chi connectivity index (χ4n) is 3.04. The first-order valence-corrected chi connectivity index (χ1v) is 6.81. The summed E-state index contributed by atoms with van der Waals surface area (Å²) in [5, 5.41) is 3.33. The van der Waals surface area contributed by atoms with Crippen LogP contribution in [0.5, 0.6) is 0 Å². The van der Waals surface area contributed by atoms with Crippen molar-refractivity contribution in [2.75, 3.05) is 14.1 Å². The Morgan fingerprint density at radius 3 is 2.29 bits per heavy atom. The highest BCUT2D eigenvalue weighted by Gasteiger charge is 2.29. The Kier molecular flexibility index (Phi) is 4.21. The molecule has 0 aromatic rings. The molecular formula is C14H24N2O. The van der Waals surface area contributed by atoms with Crippen LogP contribution in [-0.2, 0) is 4.79 Å². The topological polar surface area (TPSA) is 32.3 Å². The Bertz CT molecular complexity index is 285. The maximum absolute atomic E-state index is 12.3. The van der Waals surface area contributed by atoms with Crippen LogP contribution in [0.3, 0.4) is 0 Å². The van der Waals surface area contributed by atoms with Crippen LogP contribution in [-0.4, -0.2) is 37.0 Å². The van der Waals surface area contributed by atoms with Crippen LogP contribution in [0.25, 0.3) is 0 Å². The molecule has 96 valence electrons. The number of hydrogen-bond donors (Lipinski definition) is 1. The zero-order valence-electron chi connectivity index (χ0n) is 11.0. The van der Waals surface area contributed by atoms with E-state index in [-0.39, 0.29) is 5.92 Å². The fraction of sp³-hybridized carbons (Fsp3) is 0.786. The van der Waals surface area contributed by atoms with E-state index in [2.05, 4.69) is 17.5 Å². The largest absolute Gasteiger partial charge is 0.343 e. The first-order chi connectivity index (χ1) is 8.22. The summed E-state index contributed by atoms with van der Waals surface area (Å²) in [6.45, 7) is 0. The third kappa shape index (κ3) is 2.89. The number of carbonyl (C=O) groups is 1. The summed E-state index contributed by atoms with van der Waals surface area (Å²) >= 11 is 0. The molecule has 0 aliphatic heterocycles. The Balaban J connectivity index is 1.83. The van der Waals surface area contributed by atoms with Crippen LogP contribution in [0.4, 0.5) is 0 Å². The van der Waals surface area contributed by atoms with Gasteiger partial charge in [0.15, 0.2) is 0 Å². The second kappa shape index (κ2) is 5.67. The molecular weight excluding hydrogens is 212 g/mol. The summed E-state index contributed by atoms with van der Waals surface area (Å²) in [6.07, 6.45) is 10.8. The van der Waals surface area contributed by atoms with Crippen LogP contribution in [0, 0.1) is 5.92 Å². The zero-order valence-corrected chi connectivity index (χ0v) is 11.0. The van der Waals surface area contributed by atoms with Crippen molar-refractivity contribution in [1.82, 2.24) is 10.2 Å². The second-order valence-electron chi connectivity index (χ2n) is 5.38. The molecule has 2 aliphatic carbocycles. The van der Waals surface area contributed by atoms with E-state index in [1.165, 1.54) is 12.8 Å². The number of hydrogen-bond acceptors (Lipinski definition) is 2. The molecule has 0 saturated heterocycles. The predicted molar refractivity (Wildman–Crippen MR) is 69.7 cm³/mol. The Labute approximate surface area is 104 Å². The summed E-state index contributed by atoms with van der Waals surface area (Å²) in [5.74, 6) is 0.574. The lowest BCUT2D eigenvalue weighted by atomic mass is 9.89. The number of carbonyl (C=O) groups excluding carboxylic acids is 1. The van der Waals surface area contributed by atoms with Gasteiger partial charge in [-0.3, -0.25) is 4.79 Å². The van der Waals surface area contributed by atoms with E-state index in [0.717, 1.165) is 25.7 Å². The van der Waals surface area contributed by atoms with Crippen molar-refractivity contribution in [1.29, 1.82) is 0 Å². The van der Waals surface area contributed by atoms with E-state index in [0.29, 0.717) is 18.0 Å². The maximum atomic E-state index is 12.3. The first kappa shape index (κ1) is 12.6. The number of rotatable bonds is 3. The monoisotopic (exact) mass is 236 g/mol. The number of allylic oxidation sites excluding steroid dienone is 2. The molecule has 17 heavy (non-hydrogen) atoms. The third-order valence-corrected chi connectivity index (χ3v) is 4.36. The molecule has 0 heterocycles. The van der Waals surface area contributed by atoms with Crippen LogP contribution < -0.4 is 5.32 Å². The minimum absolute atomic E-state index is 0.224. The van der Waals surface area contributed by atoms with Gasteiger partial charge in [0.25, 0.3) is 0 Å². The molecule has 0 atom stereocenters. The second-order valence-corrected chi connectivity index (χ2v) is 5.38. The zero-order chi connectivity index (χ0) is 12.3. The van der Waals surface area contributed by atoms with Gasteiger partial charge < -0.3 is 10.2 Å². The lowest BCUT2D eigenvalue weighted by molar-refractivity contribution is -0.136. The molecule has 0 spiro atoms. The molecule has 2 aliphatic rings. The Hall–Kier alpha value is -0.830. The van der Waals surface area contributed by atoms with Gasteiger partial charge in [-0.05, 0) is 45.6 Å². The van der Waals surface area contributed by atoms with E-state index in [1.54, 1.807) is 0 Å². The van der Waals surface area contributed by atoms with Crippen molar-refractivity contribution >= 4 is 5.91 Å². The van der Waals surface area contributed by atoms with Gasteiger partial charge in [-0.25, -0.2) is 0 Å². The van der Waals surface area contributed by atoms with Crippen LogP contribution in [0.2, 0.25) is 0 Å². The maximum Gasteiger partial charge on any atom is 0.226 e. The van der Waals surface area contributed by atoms with Gasteiger partial charge in [0.1, 0.15) is 0 Å². The Morgan fingerprint density at radius 2 is 1.76 bits per heavy atom. The highest BCUT2D eigenvalue weighted by Crippen LogP contribution is 2.26. The molecule has 0 aromatic carbocycles. The van der Waals surface area contributed by atoms with E-state index in [1.807, 2.05) is 19.0 Å². The molecule has 0 aromatic heterocycles. The summed E-state index contributed by atoms with van der Waals surface area (Å²) in [5.41, 5.74) is 0. The number of amides is 1. The number of nitrogens with one attached hydrogen (secondary N) is 1. The van der Waals surface area contributed by atoms with Crippen molar-refractivity contribution in [3.05, 3.63) is 12.2 Å². The van der Waals surface area contributed by atoms with Gasteiger partial charge in [-0.1, -0.05) is 12.2 Å². The molecule has 0 unspecified atom stereocenters. The van der Waals surface area contributed by atoms with E-state index in [9.17, 15) is 4.79 Å². The smallest absolute Gasteiger partial charge is 0.226 e. The van der Waals surface area contributed by atoms with Gasteiger partial charge in [0.05, 0.1) is 0 Å². The van der Waals surface area contributed by atoms with Crippen molar-refractivity contribution in [3.8, 4) is 0 Å². The predicted octanol–water partition coefficient (Wildman–Crippen LogP) is 1.94. The molecule has 1 N–H and O–H groups in total. The summed E-state index contributed by atoms with van der Waals surface area (Å²) in [7, 11) is 4.02. The molecule has 0 radical (unpaired) electrons. The van der Waals surface area contributed by atoms with Gasteiger partial charge in [-0.15, -0.1) is 0 Å². The minimum Gasteiger partial charge on any atom is -0.343 e. The average Bonchev–Trinajstić information content (AvgIpc) is 2.91. The summed E-state index contributed by atoms with van der Waals surface area (Å²) in [6, 6.07) is 1.12. The molecule has 2 rings (SSSR count). The van der Waals surface area contributed by atoms with Crippen molar-refractivity contribution in [2.24, 2.45) is 5.92 Å². The highest BCUT2D eigenvalue weighted by atomic mass is 16.2. The van der Waals surface area contributed by atoms with Crippen LogP contribution >= 0.6 is 0 Å². The molecule has 3 heteroatoms. The first-order valence-electron chi connectivity index (χ1n) is 6.81. The van der Waals surface area contributed by atoms with Gasteiger partial charge in [-0.2, -0.15) is 0 Å². The molecule has 3 nitrogen and oxygen atoms in total. The molecule has 1 saturated carbocycles. The minimum atomic E-state index is 0.224. The van der Waals surface area contributed by atoms with Crippen molar-refractivity contribution in [2.45, 2.75) is 50.6 Å². The van der Waals surface area contributed by atoms with Crippen molar-refractivity contribution in [3.63, 3.8) is 0 Å². The third-order valence-electron chi connectivity index (χ3n) is 4.36. The van der Waals surface area contributed by atoms with Crippen LogP contribution in [0.15, 0.2) is 12.2 Å². The SMILES string of the molecule is CNC1CCC(N(C)C(=O)C2CC=CC2)CC1. The van der Waals surface area contributed by atoms with Crippen molar-refractivity contribution < 1.29 is 4.79 Å². The van der Waals surface area contributed by atoms with E-state index >= 15 is 0 Å². The average molecular weight is 236 g/mol. The van der Waals surface area contributed by atoms with E-state index in [4.69, 9.17) is 0 Å². The standard InChI is InChI=1S/C14H24N2O/c1-15-12-7-9-13(10-8-12)16(2)14(17)11-5-3-4-6-11/h3-4,11-13,15H,5-10H2,1-2H3. The normalized spacial score (nSPS) is 29.5. The van der Waals surface area contributed by atoms with Crippen LogP contribution in [0.1, 0.15) is 38.5 Å². The molecule has 1 fully saturated rings. The lowest BCUT2D eigenvalue weighted by Gasteiger charge is -2.35. The number of nitrogens with zero attached hydrogens (tertiary/aromatic N) is 1. The molecule has 1 amide bonds. The fourth-order valence-corrected chi connectivity index (χ4v) is 3.04. The van der Waals surface area contributed by atoms with Gasteiger partial charge in [0, 0.05) is 25.0 Å². The summed E-state index contributed by atoms with van der Waals surface area (Å²) < 4.78 is 0. The quantitative estimate of drug-likeness (QED) is 0.760. The highest BCUT2D eigenvalue weighted by molar-refractivity contribution is 5.79.